The van der Waals surface area contributed by atoms with Gasteiger partial charge in [-0.2, -0.15) is 0 Å². The normalized spacial score (nSPS) is 12.9. The van der Waals surface area contributed by atoms with E-state index >= 15 is 0 Å². The van der Waals surface area contributed by atoms with Crippen LogP contribution in [0.25, 0.3) is 43.9 Å². The topological polar surface area (TPSA) is 25.4 Å². The highest BCUT2D eigenvalue weighted by molar-refractivity contribution is 6.01. The Balaban J connectivity index is 1.49. The van der Waals surface area contributed by atoms with Crippen molar-refractivity contribution in [3.63, 3.8) is 0 Å². The van der Waals surface area contributed by atoms with Gasteiger partial charge in [-0.05, 0) is 38.7 Å². The first kappa shape index (κ1) is 21.6. The van der Waals surface area contributed by atoms with Crippen LogP contribution in [0.4, 0.5) is 5.82 Å². The summed E-state index contributed by atoms with van der Waals surface area (Å²) in [6, 6.07) is 42.9. The van der Waals surface area contributed by atoms with Gasteiger partial charge in [0.05, 0.1) is 12.2 Å². The quantitative estimate of drug-likeness (QED) is 0.256. The van der Waals surface area contributed by atoms with Gasteiger partial charge in [0, 0.05) is 17.7 Å². The van der Waals surface area contributed by atoms with E-state index in [-0.39, 0.29) is 0 Å². The van der Waals surface area contributed by atoms with Crippen LogP contribution in [-0.4, -0.2) is 18.1 Å². The Morgan fingerprint density at radius 3 is 2.00 bits per heavy atom. The van der Waals surface area contributed by atoms with Gasteiger partial charge in [-0.25, -0.2) is 4.98 Å². The molecule has 0 saturated heterocycles. The second-order valence-corrected chi connectivity index (χ2v) is 9.52. The van der Waals surface area contributed by atoms with Crippen molar-refractivity contribution < 1.29 is 4.74 Å². The van der Waals surface area contributed by atoms with E-state index in [0.29, 0.717) is 6.61 Å². The Kier molecular flexibility index (Phi) is 5.32. The highest BCUT2D eigenvalue weighted by Gasteiger charge is 2.26. The predicted octanol–water partition coefficient (Wildman–Crippen LogP) is 8.12. The molecule has 178 valence electrons. The monoisotopic (exact) mass is 478 g/mol. The van der Waals surface area contributed by atoms with E-state index in [1.54, 1.807) is 0 Å². The highest BCUT2D eigenvalue weighted by Crippen LogP contribution is 2.45. The van der Waals surface area contributed by atoms with Gasteiger partial charge in [0.15, 0.2) is 11.6 Å². The Bertz CT molecular complexity index is 1730. The first-order valence-electron chi connectivity index (χ1n) is 12.8. The molecule has 0 saturated carbocycles. The molecule has 0 amide bonds. The molecule has 5 aromatic carbocycles. The van der Waals surface area contributed by atoms with Crippen LogP contribution >= 0.6 is 0 Å². The summed E-state index contributed by atoms with van der Waals surface area (Å²) in [7, 11) is 0. The van der Waals surface area contributed by atoms with Gasteiger partial charge >= 0.3 is 0 Å². The molecule has 0 N–H and O–H groups in total. The fourth-order valence-corrected chi connectivity index (χ4v) is 5.45. The van der Waals surface area contributed by atoms with E-state index in [4.69, 9.17) is 9.72 Å². The zero-order valence-electron chi connectivity index (χ0n) is 20.5. The van der Waals surface area contributed by atoms with E-state index in [0.717, 1.165) is 41.5 Å². The van der Waals surface area contributed by atoms with Crippen LogP contribution in [0.2, 0.25) is 0 Å². The average molecular weight is 479 g/mol. The molecule has 1 aromatic heterocycles. The Morgan fingerprint density at radius 2 is 1.24 bits per heavy atom. The predicted molar refractivity (Wildman–Crippen MR) is 153 cm³/mol. The Hall–Kier alpha value is -4.63. The van der Waals surface area contributed by atoms with E-state index in [9.17, 15) is 0 Å². The minimum atomic E-state index is 0.632. The summed E-state index contributed by atoms with van der Waals surface area (Å²) in [5.41, 5.74) is 5.61. The lowest BCUT2D eigenvalue weighted by Gasteiger charge is -2.32. The van der Waals surface area contributed by atoms with E-state index in [1.807, 2.05) is 0 Å². The van der Waals surface area contributed by atoms with Gasteiger partial charge in [-0.1, -0.05) is 115 Å². The average Bonchev–Trinajstić information content (AvgIpc) is 2.97. The molecule has 0 atom stereocenters. The maximum atomic E-state index is 6.40. The van der Waals surface area contributed by atoms with Gasteiger partial charge in [0.1, 0.15) is 6.61 Å². The molecule has 3 nitrogen and oxygen atoms in total. The summed E-state index contributed by atoms with van der Waals surface area (Å²) in [5, 5.41) is 4.84. The smallest absolute Gasteiger partial charge is 0.173 e. The van der Waals surface area contributed by atoms with Crippen molar-refractivity contribution in [3.8, 4) is 28.1 Å². The van der Waals surface area contributed by atoms with Crippen molar-refractivity contribution in [1.29, 1.82) is 0 Å². The molecule has 7 rings (SSSR count). The third-order valence-corrected chi connectivity index (χ3v) is 7.22. The van der Waals surface area contributed by atoms with Crippen molar-refractivity contribution >= 4 is 27.4 Å². The Labute approximate surface area is 216 Å². The molecule has 1 aliphatic rings. The number of rotatable bonds is 4. The fourth-order valence-electron chi connectivity index (χ4n) is 5.45. The summed E-state index contributed by atoms with van der Waals surface area (Å²) in [5.74, 6) is 1.77. The lowest BCUT2D eigenvalue weighted by Crippen LogP contribution is -2.33. The van der Waals surface area contributed by atoms with Crippen LogP contribution in [-0.2, 0) is 6.54 Å². The van der Waals surface area contributed by atoms with Crippen molar-refractivity contribution in [2.24, 2.45) is 0 Å². The first-order valence-corrected chi connectivity index (χ1v) is 12.8. The standard InChI is InChI=1S/C34H26N2O/c1-2-10-24(11-3-1)23-36-20-21-37-33-31(29-18-8-14-25-12-4-6-16-27(25)29)22-32(35-34(33)36)30-19-9-15-26-13-5-7-17-28(26)30/h1-19,22H,20-21,23H2. The number of fused-ring (bicyclic) bond motifs is 3. The van der Waals surface area contributed by atoms with Gasteiger partial charge in [0.25, 0.3) is 0 Å². The maximum Gasteiger partial charge on any atom is 0.173 e. The minimum absolute atomic E-state index is 0.632. The molecule has 6 aromatic rings. The summed E-state index contributed by atoms with van der Waals surface area (Å²) < 4.78 is 6.40. The lowest BCUT2D eigenvalue weighted by molar-refractivity contribution is 0.306. The molecule has 2 heterocycles. The van der Waals surface area contributed by atoms with Crippen LogP contribution in [0.1, 0.15) is 5.56 Å². The molecule has 0 aliphatic carbocycles. The largest absolute Gasteiger partial charge is 0.487 e. The van der Waals surface area contributed by atoms with Crippen molar-refractivity contribution in [2.45, 2.75) is 6.54 Å². The minimum Gasteiger partial charge on any atom is -0.487 e. The van der Waals surface area contributed by atoms with Crippen molar-refractivity contribution in [3.05, 3.63) is 127 Å². The zero-order valence-corrected chi connectivity index (χ0v) is 20.5. The van der Waals surface area contributed by atoms with E-state index < -0.39 is 0 Å². The molecule has 0 spiro atoms. The molecule has 0 fully saturated rings. The van der Waals surface area contributed by atoms with Crippen LogP contribution in [0, 0.1) is 0 Å². The van der Waals surface area contributed by atoms with E-state index in [1.165, 1.54) is 32.7 Å². The molecular weight excluding hydrogens is 452 g/mol. The summed E-state index contributed by atoms with van der Waals surface area (Å²) >= 11 is 0. The molecular formula is C34H26N2O. The second-order valence-electron chi connectivity index (χ2n) is 9.52. The third kappa shape index (κ3) is 3.89. The highest BCUT2D eigenvalue weighted by atomic mass is 16.5. The lowest BCUT2D eigenvalue weighted by atomic mass is 9.95. The second kappa shape index (κ2) is 9.11. The summed E-state index contributed by atoms with van der Waals surface area (Å²) in [4.78, 5) is 7.64. The Morgan fingerprint density at radius 1 is 0.622 bits per heavy atom. The number of hydrogen-bond acceptors (Lipinski definition) is 3. The maximum absolute atomic E-state index is 6.40. The van der Waals surface area contributed by atoms with Gasteiger partial charge in [-0.15, -0.1) is 0 Å². The molecule has 0 unspecified atom stereocenters. The zero-order chi connectivity index (χ0) is 24.6. The fraction of sp³-hybridized carbons (Fsp3) is 0.0882. The number of hydrogen-bond donors (Lipinski definition) is 0. The molecule has 0 bridgehead atoms. The van der Waals surface area contributed by atoms with E-state index in [2.05, 4.69) is 126 Å². The van der Waals surface area contributed by atoms with Crippen LogP contribution < -0.4 is 9.64 Å². The molecule has 1 aliphatic heterocycles. The third-order valence-electron chi connectivity index (χ3n) is 7.22. The number of benzene rings is 5. The molecule has 3 heteroatoms. The SMILES string of the molecule is c1ccc(CN2CCOc3c(-c4cccc5ccccc45)cc(-c4cccc5ccccc45)nc32)cc1. The van der Waals surface area contributed by atoms with Gasteiger partial charge in [0.2, 0.25) is 0 Å². The van der Waals surface area contributed by atoms with Gasteiger partial charge in [-0.3, -0.25) is 0 Å². The molecule has 37 heavy (non-hydrogen) atoms. The number of ether oxygens (including phenoxy) is 1. The van der Waals surface area contributed by atoms with Gasteiger partial charge < -0.3 is 9.64 Å². The molecule has 0 radical (unpaired) electrons. The van der Waals surface area contributed by atoms with Crippen molar-refractivity contribution in [2.75, 3.05) is 18.1 Å². The first-order chi connectivity index (χ1) is 18.3. The number of nitrogens with zero attached hydrogens (tertiary/aromatic N) is 2. The summed E-state index contributed by atoms with van der Waals surface area (Å²) in [6.07, 6.45) is 0. The number of pyridine rings is 1. The summed E-state index contributed by atoms with van der Waals surface area (Å²) in [6.45, 7) is 2.22. The number of anilines is 1. The van der Waals surface area contributed by atoms with Crippen LogP contribution in [0.15, 0.2) is 121 Å². The number of aromatic nitrogens is 1. The van der Waals surface area contributed by atoms with Crippen molar-refractivity contribution in [1.82, 2.24) is 4.98 Å². The van der Waals surface area contributed by atoms with Crippen LogP contribution in [0.3, 0.4) is 0 Å². The van der Waals surface area contributed by atoms with Crippen LogP contribution in [0.5, 0.6) is 5.75 Å².